The molecule has 0 rings (SSSR count). The molecule has 0 fully saturated rings. The van der Waals surface area contributed by atoms with Crippen molar-refractivity contribution in [1.82, 2.24) is 5.32 Å². The predicted octanol–water partition coefficient (Wildman–Crippen LogP) is 4.70. The van der Waals surface area contributed by atoms with Gasteiger partial charge in [-0.05, 0) is 49.6 Å². The first-order valence-corrected chi connectivity index (χ1v) is 8.90. The lowest BCUT2D eigenvalue weighted by atomic mass is 9.61. The van der Waals surface area contributed by atoms with Crippen LogP contribution in [0.3, 0.4) is 0 Å². The second-order valence-electron chi connectivity index (χ2n) is 9.90. The summed E-state index contributed by atoms with van der Waals surface area (Å²) in [6, 6.07) is 0. The van der Waals surface area contributed by atoms with Gasteiger partial charge in [-0.3, -0.25) is 4.79 Å². The van der Waals surface area contributed by atoms with Crippen LogP contribution in [0.1, 0.15) is 75.2 Å². The molecule has 0 aliphatic carbocycles. The van der Waals surface area contributed by atoms with Crippen LogP contribution in [0.25, 0.3) is 0 Å². The molecule has 0 radical (unpaired) electrons. The fourth-order valence-corrected chi connectivity index (χ4v) is 2.78. The van der Waals surface area contributed by atoms with Crippen LogP contribution in [0.2, 0.25) is 0 Å². The highest BCUT2D eigenvalue weighted by atomic mass is 16.5. The van der Waals surface area contributed by atoms with Crippen molar-refractivity contribution in [3.05, 3.63) is 0 Å². The van der Waals surface area contributed by atoms with Gasteiger partial charge in [0.05, 0.1) is 13.2 Å². The van der Waals surface area contributed by atoms with E-state index in [2.05, 4.69) is 60.7 Å². The van der Waals surface area contributed by atoms with Crippen LogP contribution in [-0.4, -0.2) is 32.6 Å². The molecule has 0 heterocycles. The van der Waals surface area contributed by atoms with E-state index in [0.29, 0.717) is 0 Å². The van der Waals surface area contributed by atoms with E-state index in [-0.39, 0.29) is 27.4 Å². The van der Waals surface area contributed by atoms with Crippen molar-refractivity contribution >= 4 is 5.78 Å². The molecule has 0 aromatic heterocycles. The fraction of sp³-hybridized carbons (Fsp3) is 0.950. The van der Waals surface area contributed by atoms with Gasteiger partial charge in [-0.2, -0.15) is 0 Å². The zero-order valence-corrected chi connectivity index (χ0v) is 17.4. The Labute approximate surface area is 144 Å². The van der Waals surface area contributed by atoms with Gasteiger partial charge in [-0.25, -0.2) is 0 Å². The van der Waals surface area contributed by atoms with Crippen LogP contribution in [0.4, 0.5) is 0 Å². The van der Waals surface area contributed by atoms with Gasteiger partial charge in [0.15, 0.2) is 0 Å². The maximum atomic E-state index is 11.9. The molecule has 0 aromatic rings. The van der Waals surface area contributed by atoms with Gasteiger partial charge >= 0.3 is 0 Å². The van der Waals surface area contributed by atoms with Crippen LogP contribution < -0.4 is 5.32 Å². The first-order valence-electron chi connectivity index (χ1n) is 8.90. The van der Waals surface area contributed by atoms with E-state index >= 15 is 0 Å². The topological polar surface area (TPSA) is 38.3 Å². The summed E-state index contributed by atoms with van der Waals surface area (Å²) in [7, 11) is 1.99. The Kier molecular flexibility index (Phi) is 7.97. The normalized spacial score (nSPS) is 14.2. The maximum absolute atomic E-state index is 11.9. The van der Waals surface area contributed by atoms with Gasteiger partial charge in [0.1, 0.15) is 5.78 Å². The second-order valence-corrected chi connectivity index (χ2v) is 9.90. The lowest BCUT2D eigenvalue weighted by Gasteiger charge is -2.45. The smallest absolute Gasteiger partial charge is 0.135 e. The third-order valence-corrected chi connectivity index (χ3v) is 5.68. The summed E-state index contributed by atoms with van der Waals surface area (Å²) in [5, 5.41) is 3.20. The zero-order chi connectivity index (χ0) is 18.5. The lowest BCUT2D eigenvalue weighted by Crippen LogP contribution is -2.42. The Morgan fingerprint density at radius 3 is 1.87 bits per heavy atom. The Balaban J connectivity index is 4.70. The largest absolute Gasteiger partial charge is 0.380 e. The number of hydrogen-bond acceptors (Lipinski definition) is 3. The van der Waals surface area contributed by atoms with E-state index in [1.807, 2.05) is 7.05 Å². The van der Waals surface area contributed by atoms with Crippen molar-refractivity contribution in [2.24, 2.45) is 21.7 Å². The van der Waals surface area contributed by atoms with Gasteiger partial charge in [0.25, 0.3) is 0 Å². The van der Waals surface area contributed by atoms with Crippen molar-refractivity contribution < 1.29 is 9.53 Å². The number of carbonyl (C=O) groups excluding carboxylic acids is 1. The average molecular weight is 328 g/mol. The minimum absolute atomic E-state index is 0.0127. The Hall–Kier alpha value is -0.410. The molecule has 0 unspecified atom stereocenters. The number of rotatable bonds is 11. The molecule has 23 heavy (non-hydrogen) atoms. The van der Waals surface area contributed by atoms with Crippen LogP contribution >= 0.6 is 0 Å². The summed E-state index contributed by atoms with van der Waals surface area (Å²) in [5.74, 6) is 0.260. The molecule has 3 heteroatoms. The zero-order valence-electron chi connectivity index (χ0n) is 17.4. The highest BCUT2D eigenvalue weighted by molar-refractivity contribution is 5.81. The summed E-state index contributed by atoms with van der Waals surface area (Å²) < 4.78 is 6.11. The molecule has 0 atom stereocenters. The molecule has 3 nitrogen and oxygen atoms in total. The van der Waals surface area contributed by atoms with Crippen molar-refractivity contribution in [3.8, 4) is 0 Å². The molecular formula is C20H41NO2. The van der Waals surface area contributed by atoms with Gasteiger partial charge in [0, 0.05) is 5.41 Å². The summed E-state index contributed by atoms with van der Waals surface area (Å²) in [4.78, 5) is 11.9. The van der Waals surface area contributed by atoms with E-state index in [9.17, 15) is 4.79 Å². The second kappa shape index (κ2) is 8.11. The third-order valence-electron chi connectivity index (χ3n) is 5.68. The van der Waals surface area contributed by atoms with E-state index in [1.54, 1.807) is 6.92 Å². The first-order chi connectivity index (χ1) is 10.2. The molecule has 0 bridgehead atoms. The van der Waals surface area contributed by atoms with Crippen molar-refractivity contribution in [1.29, 1.82) is 0 Å². The van der Waals surface area contributed by atoms with Gasteiger partial charge in [0.2, 0.25) is 0 Å². The summed E-state index contributed by atoms with van der Waals surface area (Å²) in [6.07, 6.45) is 1.97. The maximum Gasteiger partial charge on any atom is 0.135 e. The van der Waals surface area contributed by atoms with Crippen LogP contribution in [0.15, 0.2) is 0 Å². The molecule has 138 valence electrons. The highest BCUT2D eigenvalue weighted by Gasteiger charge is 2.42. The van der Waals surface area contributed by atoms with Crippen LogP contribution in [-0.2, 0) is 9.53 Å². The quantitative estimate of drug-likeness (QED) is 0.598. The number of hydrogen-bond donors (Lipinski definition) is 1. The number of ether oxygens (including phenoxy) is 1. The summed E-state index contributed by atoms with van der Waals surface area (Å²) in [5.41, 5.74) is -0.0647. The lowest BCUT2D eigenvalue weighted by molar-refractivity contribution is -0.128. The van der Waals surface area contributed by atoms with E-state index < -0.39 is 0 Å². The molecule has 0 saturated carbocycles. The molecule has 0 spiro atoms. The molecule has 0 aliphatic heterocycles. The summed E-state index contributed by atoms with van der Waals surface area (Å²) >= 11 is 0. The Morgan fingerprint density at radius 2 is 1.43 bits per heavy atom. The molecule has 0 aliphatic rings. The SMILES string of the molecule is CNCCC(C)(C)COCC(C)(C)C(C)(C)CC(C)(C)C(C)=O. The number of Topliss-reactive ketones (excluding diaryl/α,β-unsaturated/α-hetero) is 1. The molecule has 0 amide bonds. The Bertz CT molecular complexity index is 381. The third kappa shape index (κ3) is 7.34. The average Bonchev–Trinajstić information content (AvgIpc) is 2.34. The monoisotopic (exact) mass is 327 g/mol. The number of carbonyl (C=O) groups is 1. The predicted molar refractivity (Wildman–Crippen MR) is 99.8 cm³/mol. The first kappa shape index (κ1) is 22.6. The highest BCUT2D eigenvalue weighted by Crippen LogP contribution is 2.47. The fourth-order valence-electron chi connectivity index (χ4n) is 2.78. The van der Waals surface area contributed by atoms with Crippen LogP contribution in [0, 0.1) is 21.7 Å². The Morgan fingerprint density at radius 1 is 0.913 bits per heavy atom. The van der Waals surface area contributed by atoms with Crippen molar-refractivity contribution in [3.63, 3.8) is 0 Å². The van der Waals surface area contributed by atoms with Crippen molar-refractivity contribution in [2.45, 2.75) is 75.2 Å². The van der Waals surface area contributed by atoms with E-state index in [1.165, 1.54) is 0 Å². The molecule has 0 aromatic carbocycles. The van der Waals surface area contributed by atoms with Crippen molar-refractivity contribution in [2.75, 3.05) is 26.8 Å². The number of ketones is 1. The number of nitrogens with one attached hydrogen (secondary N) is 1. The van der Waals surface area contributed by atoms with Crippen LogP contribution in [0.5, 0.6) is 0 Å². The molecule has 0 saturated heterocycles. The minimum Gasteiger partial charge on any atom is -0.380 e. The van der Waals surface area contributed by atoms with Gasteiger partial charge in [-0.15, -0.1) is 0 Å². The van der Waals surface area contributed by atoms with E-state index in [4.69, 9.17) is 4.74 Å². The standard InChI is InChI=1S/C20H41NO2/c1-16(22)18(4,5)13-19(6,7)20(8,9)15-23-14-17(2,3)11-12-21-10/h21H,11-15H2,1-10H3. The van der Waals surface area contributed by atoms with Gasteiger partial charge < -0.3 is 10.1 Å². The van der Waals surface area contributed by atoms with Gasteiger partial charge in [-0.1, -0.05) is 55.4 Å². The summed E-state index contributed by atoms with van der Waals surface area (Å²) in [6.45, 7) is 21.8. The molecular weight excluding hydrogens is 286 g/mol. The molecule has 1 N–H and O–H groups in total. The minimum atomic E-state index is -0.285. The van der Waals surface area contributed by atoms with E-state index in [0.717, 1.165) is 32.6 Å².